The van der Waals surface area contributed by atoms with Crippen LogP contribution in [-0.2, 0) is 19.9 Å². The summed E-state index contributed by atoms with van der Waals surface area (Å²) in [5, 5.41) is 9.13. The lowest BCUT2D eigenvalue weighted by atomic mass is 10.3. The zero-order valence-corrected chi connectivity index (χ0v) is 14.4. The molecule has 2 rings (SSSR count). The van der Waals surface area contributed by atoms with Gasteiger partial charge in [-0.2, -0.15) is 4.31 Å². The fourth-order valence-corrected chi connectivity index (χ4v) is 6.43. The van der Waals surface area contributed by atoms with Gasteiger partial charge in [-0.1, -0.05) is 22.0 Å². The Kier molecular flexibility index (Phi) is 5.09. The number of aliphatic hydroxyl groups is 1. The van der Waals surface area contributed by atoms with Crippen LogP contribution in [0.15, 0.2) is 33.6 Å². The van der Waals surface area contributed by atoms with Gasteiger partial charge in [-0.05, 0) is 24.6 Å². The maximum absolute atomic E-state index is 12.7. The van der Waals surface area contributed by atoms with E-state index >= 15 is 0 Å². The van der Waals surface area contributed by atoms with E-state index in [0.29, 0.717) is 4.47 Å². The van der Waals surface area contributed by atoms with E-state index in [2.05, 4.69) is 15.9 Å². The molecule has 0 radical (unpaired) electrons. The third-order valence-electron chi connectivity index (χ3n) is 3.34. The molecule has 0 aromatic heterocycles. The fourth-order valence-electron chi connectivity index (χ4n) is 2.36. The maximum atomic E-state index is 12.7. The first kappa shape index (κ1) is 16.9. The van der Waals surface area contributed by atoms with E-state index in [1.807, 2.05) is 0 Å². The molecule has 21 heavy (non-hydrogen) atoms. The zero-order chi connectivity index (χ0) is 15.7. The van der Waals surface area contributed by atoms with Gasteiger partial charge in [-0.15, -0.1) is 0 Å². The Bertz CT molecular complexity index is 717. The molecule has 118 valence electrons. The SMILES string of the molecule is O=S1(=O)CCC(N(CCO)S(=O)(=O)c2cccc(Br)c2)C1. The molecule has 1 N–H and O–H groups in total. The second-order valence-corrected chi connectivity index (χ2v) is 9.89. The molecule has 1 aromatic rings. The highest BCUT2D eigenvalue weighted by atomic mass is 79.9. The molecular weight excluding hydrogens is 382 g/mol. The van der Waals surface area contributed by atoms with Crippen molar-refractivity contribution in [2.45, 2.75) is 17.4 Å². The minimum atomic E-state index is -3.84. The molecule has 1 fully saturated rings. The lowest BCUT2D eigenvalue weighted by molar-refractivity contribution is 0.232. The first-order valence-corrected chi connectivity index (χ1v) is 10.4. The van der Waals surface area contributed by atoms with E-state index in [1.54, 1.807) is 12.1 Å². The lowest BCUT2D eigenvalue weighted by Crippen LogP contribution is -2.42. The van der Waals surface area contributed by atoms with Crippen molar-refractivity contribution in [1.82, 2.24) is 4.31 Å². The lowest BCUT2D eigenvalue weighted by Gasteiger charge is -2.26. The van der Waals surface area contributed by atoms with Gasteiger partial charge < -0.3 is 5.11 Å². The zero-order valence-electron chi connectivity index (χ0n) is 11.1. The number of hydrogen-bond donors (Lipinski definition) is 1. The van der Waals surface area contributed by atoms with Crippen LogP contribution in [0, 0.1) is 0 Å². The summed E-state index contributed by atoms with van der Waals surface area (Å²) in [4.78, 5) is 0.0784. The van der Waals surface area contributed by atoms with Crippen molar-refractivity contribution >= 4 is 35.8 Å². The number of benzene rings is 1. The van der Waals surface area contributed by atoms with Crippen LogP contribution in [0.1, 0.15) is 6.42 Å². The predicted octanol–water partition coefficient (Wildman–Crippen LogP) is 0.619. The molecule has 0 amide bonds. The number of sulfonamides is 1. The molecule has 1 unspecified atom stereocenters. The molecule has 1 saturated heterocycles. The van der Waals surface area contributed by atoms with Gasteiger partial charge in [-0.3, -0.25) is 0 Å². The summed E-state index contributed by atoms with van der Waals surface area (Å²) in [7, 11) is -7.05. The molecule has 0 bridgehead atoms. The first-order valence-electron chi connectivity index (χ1n) is 6.35. The summed E-state index contributed by atoms with van der Waals surface area (Å²) in [6.45, 7) is -0.473. The molecule has 6 nitrogen and oxygen atoms in total. The predicted molar refractivity (Wildman–Crippen MR) is 82.2 cm³/mol. The van der Waals surface area contributed by atoms with Crippen LogP contribution in [-0.4, -0.2) is 56.9 Å². The highest BCUT2D eigenvalue weighted by Crippen LogP contribution is 2.26. The Morgan fingerprint density at radius 3 is 2.62 bits per heavy atom. The monoisotopic (exact) mass is 397 g/mol. The van der Waals surface area contributed by atoms with E-state index in [0.717, 1.165) is 4.31 Å². The molecule has 0 spiro atoms. The molecule has 1 aromatic carbocycles. The molecule has 1 aliphatic heterocycles. The smallest absolute Gasteiger partial charge is 0.243 e. The standard InChI is InChI=1S/C12H16BrNO5S2/c13-10-2-1-3-12(8-10)21(18,19)14(5-6-15)11-4-7-20(16,17)9-11/h1-3,8,11,15H,4-7,9H2. The van der Waals surface area contributed by atoms with Gasteiger partial charge in [0.2, 0.25) is 10.0 Å². The minimum Gasteiger partial charge on any atom is -0.395 e. The largest absolute Gasteiger partial charge is 0.395 e. The van der Waals surface area contributed by atoms with Crippen LogP contribution in [0.3, 0.4) is 0 Å². The Balaban J connectivity index is 2.37. The van der Waals surface area contributed by atoms with Gasteiger partial charge in [-0.25, -0.2) is 16.8 Å². The molecule has 9 heteroatoms. The third kappa shape index (κ3) is 3.84. The van der Waals surface area contributed by atoms with Crippen LogP contribution < -0.4 is 0 Å². The summed E-state index contributed by atoms with van der Waals surface area (Å²) >= 11 is 3.22. The van der Waals surface area contributed by atoms with E-state index in [1.165, 1.54) is 12.1 Å². The van der Waals surface area contributed by atoms with E-state index in [-0.39, 0.29) is 36.0 Å². The van der Waals surface area contributed by atoms with Crippen molar-refractivity contribution in [3.63, 3.8) is 0 Å². The Hall–Kier alpha value is -0.480. The quantitative estimate of drug-likeness (QED) is 0.785. The van der Waals surface area contributed by atoms with Crippen LogP contribution >= 0.6 is 15.9 Å². The topological polar surface area (TPSA) is 91.8 Å². The number of aliphatic hydroxyl groups excluding tert-OH is 1. The molecule has 1 atom stereocenters. The van der Waals surface area contributed by atoms with Gasteiger partial charge in [0.1, 0.15) is 0 Å². The summed E-state index contributed by atoms with van der Waals surface area (Å²) < 4.78 is 50.2. The molecule has 0 saturated carbocycles. The number of rotatable bonds is 5. The highest BCUT2D eigenvalue weighted by Gasteiger charge is 2.38. The number of hydrogen-bond acceptors (Lipinski definition) is 5. The normalized spacial score (nSPS) is 21.8. The van der Waals surface area contributed by atoms with Gasteiger partial charge in [0.15, 0.2) is 9.84 Å². The maximum Gasteiger partial charge on any atom is 0.243 e. The van der Waals surface area contributed by atoms with E-state index in [4.69, 9.17) is 5.11 Å². The van der Waals surface area contributed by atoms with E-state index < -0.39 is 25.9 Å². The summed E-state index contributed by atoms with van der Waals surface area (Å²) in [5.74, 6) is -0.214. The Morgan fingerprint density at radius 1 is 1.38 bits per heavy atom. The van der Waals surface area contributed by atoms with Crippen molar-refractivity contribution in [1.29, 1.82) is 0 Å². The Labute approximate surface area is 132 Å². The first-order chi connectivity index (χ1) is 9.76. The van der Waals surface area contributed by atoms with Gasteiger partial charge >= 0.3 is 0 Å². The average Bonchev–Trinajstić information content (AvgIpc) is 2.75. The number of nitrogens with zero attached hydrogens (tertiary/aromatic N) is 1. The van der Waals surface area contributed by atoms with Crippen LogP contribution in [0.2, 0.25) is 0 Å². The number of halogens is 1. The average molecular weight is 398 g/mol. The van der Waals surface area contributed by atoms with Crippen molar-refractivity contribution < 1.29 is 21.9 Å². The number of sulfone groups is 1. The summed E-state index contributed by atoms with van der Waals surface area (Å²) in [6.07, 6.45) is 0.259. The van der Waals surface area contributed by atoms with Crippen LogP contribution in [0.5, 0.6) is 0 Å². The van der Waals surface area contributed by atoms with Crippen LogP contribution in [0.4, 0.5) is 0 Å². The second kappa shape index (κ2) is 6.33. The van der Waals surface area contributed by atoms with Crippen molar-refractivity contribution in [3.05, 3.63) is 28.7 Å². The van der Waals surface area contributed by atoms with Crippen molar-refractivity contribution in [2.75, 3.05) is 24.7 Å². The third-order valence-corrected chi connectivity index (χ3v) is 7.53. The van der Waals surface area contributed by atoms with Crippen molar-refractivity contribution in [2.24, 2.45) is 0 Å². The van der Waals surface area contributed by atoms with Crippen LogP contribution in [0.25, 0.3) is 0 Å². The summed E-state index contributed by atoms with van der Waals surface area (Å²) in [5.41, 5.74) is 0. The second-order valence-electron chi connectivity index (χ2n) is 4.85. The minimum absolute atomic E-state index is 0.0202. The van der Waals surface area contributed by atoms with Crippen molar-refractivity contribution in [3.8, 4) is 0 Å². The molecule has 0 aliphatic carbocycles. The summed E-state index contributed by atoms with van der Waals surface area (Å²) in [6, 6.07) is 5.59. The Morgan fingerprint density at radius 2 is 2.10 bits per heavy atom. The fraction of sp³-hybridized carbons (Fsp3) is 0.500. The molecule has 1 aliphatic rings. The van der Waals surface area contributed by atoms with Gasteiger partial charge in [0.25, 0.3) is 0 Å². The van der Waals surface area contributed by atoms with Gasteiger partial charge in [0, 0.05) is 17.1 Å². The molecule has 1 heterocycles. The molecular formula is C12H16BrNO5S2. The van der Waals surface area contributed by atoms with E-state index in [9.17, 15) is 16.8 Å². The highest BCUT2D eigenvalue weighted by molar-refractivity contribution is 9.10. The van der Waals surface area contributed by atoms with Gasteiger partial charge in [0.05, 0.1) is 23.0 Å².